The lowest BCUT2D eigenvalue weighted by Gasteiger charge is -2.62. The molecule has 5 aliphatic rings. The monoisotopic (exact) mass is 474 g/mol. The normalized spacial score (nSPS) is 47.2. The maximum Gasteiger partial charge on any atom is 0.377 e. The maximum absolute atomic E-state index is 17.2. The van der Waals surface area contributed by atoms with E-state index in [0.717, 1.165) is 0 Å². The largest absolute Gasteiger partial charge is 0.501 e. The number of ketones is 2. The molecule has 3 unspecified atom stereocenters. The quantitative estimate of drug-likeness (QED) is 0.591. The van der Waals surface area contributed by atoms with E-state index >= 15 is 4.39 Å². The number of Topliss-reactive ketones (excluding diaryl/α,β-unsaturated/α-hetero) is 1. The van der Waals surface area contributed by atoms with Gasteiger partial charge in [0.05, 0.1) is 12.7 Å². The van der Waals surface area contributed by atoms with Crippen molar-refractivity contribution < 1.29 is 38.5 Å². The summed E-state index contributed by atoms with van der Waals surface area (Å²) in [6.07, 6.45) is 4.25. The molecule has 0 aromatic rings. The van der Waals surface area contributed by atoms with Crippen molar-refractivity contribution in [3.05, 3.63) is 35.3 Å². The number of aliphatic hydroxyl groups is 2. The van der Waals surface area contributed by atoms with Crippen LogP contribution >= 0.6 is 0 Å². The van der Waals surface area contributed by atoms with Crippen LogP contribution in [0.3, 0.4) is 0 Å². The van der Waals surface area contributed by atoms with Crippen molar-refractivity contribution in [2.24, 2.45) is 28.6 Å². The van der Waals surface area contributed by atoms with E-state index in [1.165, 1.54) is 12.2 Å². The van der Waals surface area contributed by atoms with E-state index in [4.69, 9.17) is 9.47 Å². The zero-order valence-corrected chi connectivity index (χ0v) is 19.9. The summed E-state index contributed by atoms with van der Waals surface area (Å²) in [6, 6.07) is 0. The Morgan fingerprint density at radius 1 is 1.29 bits per heavy atom. The Hall–Kier alpha value is -2.48. The summed E-state index contributed by atoms with van der Waals surface area (Å²) >= 11 is 0. The van der Waals surface area contributed by atoms with Gasteiger partial charge >= 0.3 is 5.97 Å². The van der Waals surface area contributed by atoms with Crippen molar-refractivity contribution in [1.82, 2.24) is 0 Å². The molecule has 7 nitrogen and oxygen atoms in total. The minimum absolute atomic E-state index is 0.0468. The van der Waals surface area contributed by atoms with Gasteiger partial charge in [-0.2, -0.15) is 0 Å². The fourth-order valence-corrected chi connectivity index (χ4v) is 8.10. The summed E-state index contributed by atoms with van der Waals surface area (Å²) in [5.74, 6) is -4.49. The van der Waals surface area contributed by atoms with Crippen LogP contribution in [-0.2, 0) is 23.9 Å². The van der Waals surface area contributed by atoms with E-state index in [1.54, 1.807) is 26.8 Å². The van der Waals surface area contributed by atoms with Crippen LogP contribution in [0.15, 0.2) is 35.3 Å². The third-order valence-electron chi connectivity index (χ3n) is 9.67. The number of esters is 1. The van der Waals surface area contributed by atoms with Crippen LogP contribution in [0.25, 0.3) is 0 Å². The molecule has 4 aliphatic carbocycles. The van der Waals surface area contributed by atoms with E-state index in [1.807, 2.05) is 6.92 Å². The molecule has 0 radical (unpaired) electrons. The first-order chi connectivity index (χ1) is 15.9. The lowest BCUT2D eigenvalue weighted by atomic mass is 9.44. The summed E-state index contributed by atoms with van der Waals surface area (Å²) in [6.45, 7) is 7.00. The van der Waals surface area contributed by atoms with E-state index in [0.29, 0.717) is 24.8 Å². The lowest BCUT2D eigenvalue weighted by molar-refractivity contribution is -0.218. The predicted octanol–water partition coefficient (Wildman–Crippen LogP) is 3.27. The smallest absolute Gasteiger partial charge is 0.377 e. The fraction of sp³-hybridized carbons (Fsp3) is 0.654. The first-order valence-corrected chi connectivity index (χ1v) is 12.0. The Kier molecular flexibility index (Phi) is 4.81. The number of alkyl halides is 1. The molecule has 184 valence electrons. The molecule has 3 saturated carbocycles. The maximum atomic E-state index is 17.2. The molecule has 0 amide bonds. The number of aliphatic hydroxyl groups excluding tert-OH is 2. The van der Waals surface area contributed by atoms with Crippen LogP contribution in [0.1, 0.15) is 53.4 Å². The molecule has 8 atom stereocenters. The van der Waals surface area contributed by atoms with E-state index in [9.17, 15) is 24.6 Å². The highest BCUT2D eigenvalue weighted by Gasteiger charge is 2.78. The summed E-state index contributed by atoms with van der Waals surface area (Å²) in [5, 5.41) is 22.0. The topological polar surface area (TPSA) is 110 Å². The van der Waals surface area contributed by atoms with Crippen LogP contribution in [0.5, 0.6) is 0 Å². The van der Waals surface area contributed by atoms with Gasteiger partial charge in [-0.15, -0.1) is 0 Å². The first kappa shape index (κ1) is 23.3. The molecule has 0 aromatic carbocycles. The Labute approximate surface area is 197 Å². The van der Waals surface area contributed by atoms with Crippen LogP contribution < -0.4 is 0 Å². The second-order valence-electron chi connectivity index (χ2n) is 11.0. The Morgan fingerprint density at radius 2 is 2.00 bits per heavy atom. The second kappa shape index (κ2) is 7.03. The van der Waals surface area contributed by atoms with Gasteiger partial charge in [-0.1, -0.05) is 25.5 Å². The third kappa shape index (κ3) is 2.42. The highest BCUT2D eigenvalue weighted by molar-refractivity contribution is 6.09. The molecule has 2 N–H and O–H groups in total. The van der Waals surface area contributed by atoms with Gasteiger partial charge in [0.2, 0.25) is 11.5 Å². The number of ether oxygens (including phenoxy) is 2. The Balaban J connectivity index is 1.59. The van der Waals surface area contributed by atoms with Gasteiger partial charge in [0.1, 0.15) is 0 Å². The molecule has 1 heterocycles. The average Bonchev–Trinajstić information content (AvgIpc) is 3.17. The minimum Gasteiger partial charge on any atom is -0.501 e. The van der Waals surface area contributed by atoms with Crippen LogP contribution in [-0.4, -0.2) is 51.7 Å². The lowest BCUT2D eigenvalue weighted by Crippen LogP contribution is -2.69. The zero-order chi connectivity index (χ0) is 24.8. The fourth-order valence-electron chi connectivity index (χ4n) is 8.10. The number of hydrogen-bond donors (Lipinski definition) is 2. The van der Waals surface area contributed by atoms with Crippen LogP contribution in [0.4, 0.5) is 4.39 Å². The number of fused-ring (bicyclic) bond motifs is 6. The molecular weight excluding hydrogens is 443 g/mol. The molecule has 3 fully saturated rings. The molecule has 1 aliphatic heterocycles. The van der Waals surface area contributed by atoms with Gasteiger partial charge in [-0.3, -0.25) is 9.59 Å². The molecule has 0 bridgehead atoms. The summed E-state index contributed by atoms with van der Waals surface area (Å²) in [5.41, 5.74) is -5.12. The number of carbonyl (C=O) groups excluding carboxylic acids is 3. The van der Waals surface area contributed by atoms with Gasteiger partial charge in [-0.05, 0) is 57.6 Å². The van der Waals surface area contributed by atoms with E-state index in [2.05, 4.69) is 0 Å². The molecule has 5 rings (SSSR count). The minimum atomic E-state index is -2.04. The number of rotatable bonds is 2. The SMILES string of the molecule is CCOC(=O)C1=C(O)C(=O)[C@@]2(O1)[C@H](C)CC1C3CCC4=CC(=O)C=C[C@]4(C)[C@@]3(F)C(O)C[C@@]12C. The highest BCUT2D eigenvalue weighted by Crippen LogP contribution is 2.72. The molecule has 8 heteroatoms. The van der Waals surface area contributed by atoms with Crippen molar-refractivity contribution in [2.75, 3.05) is 6.61 Å². The second-order valence-corrected chi connectivity index (χ2v) is 11.0. The molecule has 34 heavy (non-hydrogen) atoms. The van der Waals surface area contributed by atoms with Crippen LogP contribution in [0.2, 0.25) is 0 Å². The summed E-state index contributed by atoms with van der Waals surface area (Å²) in [4.78, 5) is 37.9. The highest BCUT2D eigenvalue weighted by atomic mass is 19.1. The molecule has 0 saturated heterocycles. The number of hydrogen-bond acceptors (Lipinski definition) is 7. The molecule has 0 aromatic heterocycles. The first-order valence-electron chi connectivity index (χ1n) is 12.0. The van der Waals surface area contributed by atoms with Gasteiger partial charge in [0, 0.05) is 22.7 Å². The predicted molar refractivity (Wildman–Crippen MR) is 118 cm³/mol. The molecular formula is C26H31FO7. The van der Waals surface area contributed by atoms with Crippen molar-refractivity contribution in [3.63, 3.8) is 0 Å². The number of carbonyl (C=O) groups is 3. The summed E-state index contributed by atoms with van der Waals surface area (Å²) < 4.78 is 28.2. The molecule has 1 spiro atoms. The Bertz CT molecular complexity index is 1090. The third-order valence-corrected chi connectivity index (χ3v) is 9.67. The standard InChI is InChI=1S/C26H31FO7/c1-5-33-22(32)20-19(30)21(31)26(34-20)13(2)10-17-16-7-6-14-11-15(28)8-9-23(14,3)25(16,27)18(29)12-24(17,26)4/h8-9,11,13,16-18,29-30H,5-7,10,12H2,1-4H3/t13-,16?,17?,18?,23+,24+,25+,26+/m1/s1. The Morgan fingerprint density at radius 3 is 2.68 bits per heavy atom. The van der Waals surface area contributed by atoms with E-state index in [-0.39, 0.29) is 24.7 Å². The van der Waals surface area contributed by atoms with Gasteiger partial charge in [-0.25, -0.2) is 9.18 Å². The van der Waals surface area contributed by atoms with Crippen molar-refractivity contribution in [3.8, 4) is 0 Å². The van der Waals surface area contributed by atoms with Gasteiger partial charge in [0.15, 0.2) is 17.1 Å². The van der Waals surface area contributed by atoms with Crippen LogP contribution in [0, 0.1) is 28.6 Å². The van der Waals surface area contributed by atoms with Crippen molar-refractivity contribution in [1.29, 1.82) is 0 Å². The van der Waals surface area contributed by atoms with Crippen molar-refractivity contribution in [2.45, 2.75) is 70.8 Å². The van der Waals surface area contributed by atoms with Gasteiger partial charge < -0.3 is 19.7 Å². The zero-order valence-electron chi connectivity index (χ0n) is 19.9. The number of halogens is 1. The average molecular weight is 475 g/mol. The van der Waals surface area contributed by atoms with Gasteiger partial charge in [0.25, 0.3) is 5.76 Å². The van der Waals surface area contributed by atoms with E-state index < -0.39 is 63.3 Å². The number of allylic oxidation sites excluding steroid dienone is 4. The summed E-state index contributed by atoms with van der Waals surface area (Å²) in [7, 11) is 0. The van der Waals surface area contributed by atoms with Crippen molar-refractivity contribution >= 4 is 17.5 Å².